The van der Waals surface area contributed by atoms with Crippen LogP contribution < -0.4 is 10.5 Å². The normalized spacial score (nSPS) is 14.1. The monoisotopic (exact) mass is 424 g/mol. The molecule has 1 amide bonds. The van der Waals surface area contributed by atoms with Gasteiger partial charge in [-0.05, 0) is 31.2 Å². The van der Waals surface area contributed by atoms with E-state index in [0.717, 1.165) is 11.4 Å². The van der Waals surface area contributed by atoms with Crippen LogP contribution in [0.25, 0.3) is 11.4 Å². The second-order valence-corrected chi connectivity index (χ2v) is 7.54. The summed E-state index contributed by atoms with van der Waals surface area (Å²) >= 11 is 5.89. The van der Waals surface area contributed by atoms with Gasteiger partial charge in [0.05, 0.1) is 11.4 Å². The van der Waals surface area contributed by atoms with E-state index >= 15 is 0 Å². The van der Waals surface area contributed by atoms with Crippen molar-refractivity contribution in [2.75, 3.05) is 31.1 Å². The zero-order valence-electron chi connectivity index (χ0n) is 16.5. The summed E-state index contributed by atoms with van der Waals surface area (Å²) in [6.07, 6.45) is 4.94. The number of hydrogen-bond acceptors (Lipinski definition) is 6. The molecule has 1 saturated heterocycles. The summed E-state index contributed by atoms with van der Waals surface area (Å²) in [5, 5.41) is 0.594. The Hall–Kier alpha value is -3.26. The molecule has 1 fully saturated rings. The molecule has 0 unspecified atom stereocenters. The first kappa shape index (κ1) is 20.0. The van der Waals surface area contributed by atoms with E-state index in [2.05, 4.69) is 24.8 Å². The second-order valence-electron chi connectivity index (χ2n) is 7.10. The molecule has 4 rings (SSSR count). The maximum Gasteiger partial charge on any atom is 0.255 e. The summed E-state index contributed by atoms with van der Waals surface area (Å²) in [5.74, 6) is 1.21. The van der Waals surface area contributed by atoms with Crippen LogP contribution in [0.3, 0.4) is 0 Å². The lowest BCUT2D eigenvalue weighted by Crippen LogP contribution is -2.49. The molecule has 9 heteroatoms. The first-order chi connectivity index (χ1) is 14.5. The molecule has 3 aromatic rings. The third kappa shape index (κ3) is 4.33. The molecule has 0 atom stereocenters. The summed E-state index contributed by atoms with van der Waals surface area (Å²) in [5.41, 5.74) is 1.38. The SMILES string of the molecule is Cc1nc(-c2cccnc2)[nH]c(=O)c1CC(=O)N1CCN(c2ccc(Cl)cn2)CC1. The fraction of sp³-hybridized carbons (Fsp3) is 0.286. The van der Waals surface area contributed by atoms with E-state index in [4.69, 9.17) is 11.6 Å². The van der Waals surface area contributed by atoms with Crippen molar-refractivity contribution >= 4 is 23.3 Å². The molecule has 0 bridgehead atoms. The van der Waals surface area contributed by atoms with E-state index in [0.29, 0.717) is 48.3 Å². The Morgan fingerprint density at radius 3 is 2.60 bits per heavy atom. The zero-order chi connectivity index (χ0) is 21.1. The first-order valence-corrected chi connectivity index (χ1v) is 10.0. The van der Waals surface area contributed by atoms with Crippen molar-refractivity contribution in [1.29, 1.82) is 0 Å². The van der Waals surface area contributed by atoms with Crippen molar-refractivity contribution in [3.63, 3.8) is 0 Å². The Morgan fingerprint density at radius 1 is 1.17 bits per heavy atom. The van der Waals surface area contributed by atoms with Crippen LogP contribution >= 0.6 is 11.6 Å². The Labute approximate surface area is 178 Å². The molecular formula is C21H21ClN6O2. The van der Waals surface area contributed by atoms with Gasteiger partial charge in [-0.15, -0.1) is 0 Å². The summed E-state index contributed by atoms with van der Waals surface area (Å²) in [6.45, 7) is 4.24. The molecule has 0 spiro atoms. The van der Waals surface area contributed by atoms with Gasteiger partial charge in [-0.2, -0.15) is 0 Å². The summed E-state index contributed by atoms with van der Waals surface area (Å²) in [4.78, 5) is 44.9. The van der Waals surface area contributed by atoms with Gasteiger partial charge in [-0.3, -0.25) is 14.6 Å². The quantitative estimate of drug-likeness (QED) is 0.689. The number of pyridine rings is 2. The highest BCUT2D eigenvalue weighted by Crippen LogP contribution is 2.17. The topological polar surface area (TPSA) is 95.1 Å². The van der Waals surface area contributed by atoms with E-state index in [1.54, 1.807) is 42.5 Å². The second kappa shape index (κ2) is 8.62. The standard InChI is InChI=1S/C21H21ClN6O2/c1-14-17(21(30)26-20(25-14)15-3-2-6-23-12-15)11-19(29)28-9-7-27(8-10-28)18-5-4-16(22)13-24-18/h2-6,12-13H,7-11H2,1H3,(H,25,26,30). The van der Waals surface area contributed by atoms with Gasteiger partial charge < -0.3 is 14.8 Å². The lowest BCUT2D eigenvalue weighted by atomic mass is 10.1. The molecule has 0 radical (unpaired) electrons. The smallest absolute Gasteiger partial charge is 0.255 e. The van der Waals surface area contributed by atoms with Crippen LogP contribution in [0.15, 0.2) is 47.7 Å². The van der Waals surface area contributed by atoms with Crippen LogP contribution in [0, 0.1) is 6.92 Å². The van der Waals surface area contributed by atoms with E-state index in [1.165, 1.54) is 0 Å². The summed E-state index contributed by atoms with van der Waals surface area (Å²) in [7, 11) is 0. The third-order valence-electron chi connectivity index (χ3n) is 5.15. The van der Waals surface area contributed by atoms with Crippen LogP contribution in [0.5, 0.6) is 0 Å². The van der Waals surface area contributed by atoms with E-state index in [9.17, 15) is 9.59 Å². The van der Waals surface area contributed by atoms with Gasteiger partial charge in [0.2, 0.25) is 5.91 Å². The van der Waals surface area contributed by atoms with Gasteiger partial charge in [0, 0.05) is 61.6 Å². The molecular weight excluding hydrogens is 404 g/mol. The van der Waals surface area contributed by atoms with Gasteiger partial charge in [-0.1, -0.05) is 11.6 Å². The van der Waals surface area contributed by atoms with Gasteiger partial charge in [-0.25, -0.2) is 9.97 Å². The van der Waals surface area contributed by atoms with Crippen LogP contribution in [-0.2, 0) is 11.2 Å². The molecule has 0 aromatic carbocycles. The van der Waals surface area contributed by atoms with Crippen molar-refractivity contribution in [2.45, 2.75) is 13.3 Å². The number of H-pyrrole nitrogens is 1. The molecule has 8 nitrogen and oxygen atoms in total. The number of amides is 1. The average molecular weight is 425 g/mol. The predicted molar refractivity (Wildman–Crippen MR) is 115 cm³/mol. The highest BCUT2D eigenvalue weighted by atomic mass is 35.5. The molecule has 154 valence electrons. The number of anilines is 1. The van der Waals surface area contributed by atoms with Crippen LogP contribution in [0.4, 0.5) is 5.82 Å². The highest BCUT2D eigenvalue weighted by molar-refractivity contribution is 6.30. The number of hydrogen-bond donors (Lipinski definition) is 1. The average Bonchev–Trinajstić information content (AvgIpc) is 2.77. The minimum Gasteiger partial charge on any atom is -0.353 e. The van der Waals surface area contributed by atoms with Crippen molar-refractivity contribution in [3.8, 4) is 11.4 Å². The molecule has 3 aromatic heterocycles. The molecule has 0 aliphatic carbocycles. The van der Waals surface area contributed by atoms with Crippen molar-refractivity contribution < 1.29 is 4.79 Å². The van der Waals surface area contributed by atoms with Crippen LogP contribution in [-0.4, -0.2) is 56.9 Å². The van der Waals surface area contributed by atoms with Gasteiger partial charge >= 0.3 is 0 Å². The van der Waals surface area contributed by atoms with Crippen molar-refractivity contribution in [3.05, 3.63) is 69.5 Å². The van der Waals surface area contributed by atoms with Gasteiger partial charge in [0.15, 0.2) is 0 Å². The number of piperazine rings is 1. The number of carbonyl (C=O) groups is 1. The zero-order valence-corrected chi connectivity index (χ0v) is 17.3. The maximum atomic E-state index is 12.8. The first-order valence-electron chi connectivity index (χ1n) is 9.66. The predicted octanol–water partition coefficient (Wildman–Crippen LogP) is 2.08. The molecule has 30 heavy (non-hydrogen) atoms. The Kier molecular flexibility index (Phi) is 5.76. The Balaban J connectivity index is 1.42. The van der Waals surface area contributed by atoms with Crippen molar-refractivity contribution in [2.24, 2.45) is 0 Å². The number of nitrogens with zero attached hydrogens (tertiary/aromatic N) is 5. The van der Waals surface area contributed by atoms with Gasteiger partial charge in [0.25, 0.3) is 5.56 Å². The minimum atomic E-state index is -0.293. The highest BCUT2D eigenvalue weighted by Gasteiger charge is 2.23. The maximum absolute atomic E-state index is 12.8. The lowest BCUT2D eigenvalue weighted by molar-refractivity contribution is -0.130. The number of rotatable bonds is 4. The third-order valence-corrected chi connectivity index (χ3v) is 5.38. The summed E-state index contributed by atoms with van der Waals surface area (Å²) in [6, 6.07) is 7.28. The number of aromatic nitrogens is 4. The largest absolute Gasteiger partial charge is 0.353 e. The number of aryl methyl sites for hydroxylation is 1. The fourth-order valence-electron chi connectivity index (χ4n) is 3.46. The van der Waals surface area contributed by atoms with Crippen molar-refractivity contribution in [1.82, 2.24) is 24.8 Å². The molecule has 4 heterocycles. The Morgan fingerprint density at radius 2 is 1.97 bits per heavy atom. The minimum absolute atomic E-state index is 0.0285. The van der Waals surface area contributed by atoms with Gasteiger partial charge in [0.1, 0.15) is 11.6 Å². The number of aromatic amines is 1. The van der Waals surface area contributed by atoms with E-state index < -0.39 is 0 Å². The van der Waals surface area contributed by atoms with Crippen LogP contribution in [0.1, 0.15) is 11.3 Å². The fourth-order valence-corrected chi connectivity index (χ4v) is 3.57. The van der Waals surface area contributed by atoms with E-state index in [1.807, 2.05) is 12.1 Å². The summed E-state index contributed by atoms with van der Waals surface area (Å²) < 4.78 is 0. The number of halogens is 1. The lowest BCUT2D eigenvalue weighted by Gasteiger charge is -2.35. The molecule has 1 N–H and O–H groups in total. The molecule has 0 saturated carbocycles. The molecule has 1 aliphatic heterocycles. The van der Waals surface area contributed by atoms with E-state index in [-0.39, 0.29) is 17.9 Å². The Bertz CT molecular complexity index is 1090. The number of carbonyl (C=O) groups excluding carboxylic acids is 1. The number of nitrogens with one attached hydrogen (secondary N) is 1. The van der Waals surface area contributed by atoms with Crippen LogP contribution in [0.2, 0.25) is 5.02 Å². The molecule has 1 aliphatic rings.